The third kappa shape index (κ3) is 4.17. The first-order chi connectivity index (χ1) is 8.63. The molecule has 1 aliphatic rings. The van der Waals surface area contributed by atoms with E-state index in [0.717, 1.165) is 32.5 Å². The average molecular weight is 259 g/mol. The van der Waals surface area contributed by atoms with Gasteiger partial charge in [-0.05, 0) is 39.5 Å². The molecule has 0 spiro atoms. The number of nitrogens with zero attached hydrogens (tertiary/aromatic N) is 2. The Morgan fingerprint density at radius 3 is 2.50 bits per heavy atom. The van der Waals surface area contributed by atoms with Gasteiger partial charge in [0, 0.05) is 19.2 Å². The highest BCUT2D eigenvalue weighted by Crippen LogP contribution is 2.18. The fourth-order valence-corrected chi connectivity index (χ4v) is 2.78. The number of aliphatic hydroxyl groups excluding tert-OH is 1. The number of likely N-dealkylation sites (N-methyl/N-ethyl adjacent to an activating group) is 1. The highest BCUT2D eigenvalue weighted by molar-refractivity contribution is 4.86. The van der Waals surface area contributed by atoms with E-state index in [1.54, 1.807) is 7.11 Å². The lowest BCUT2D eigenvalue weighted by Gasteiger charge is -2.41. The first-order valence-electron chi connectivity index (χ1n) is 6.93. The van der Waals surface area contributed by atoms with Crippen LogP contribution in [0.3, 0.4) is 0 Å². The van der Waals surface area contributed by atoms with Crippen LogP contribution in [0.15, 0.2) is 0 Å². The molecule has 1 fully saturated rings. The summed E-state index contributed by atoms with van der Waals surface area (Å²) in [4.78, 5) is 4.71. The van der Waals surface area contributed by atoms with Crippen molar-refractivity contribution in [2.75, 3.05) is 47.0 Å². The minimum absolute atomic E-state index is 0.0110. The number of ether oxygens (including phenoxy) is 1. The molecular formula is C13H29N3O2. The van der Waals surface area contributed by atoms with Crippen LogP contribution in [0.2, 0.25) is 0 Å². The number of likely N-dealkylation sites (tertiary alicyclic amines) is 1. The smallest absolute Gasteiger partial charge is 0.0629 e. The van der Waals surface area contributed by atoms with Crippen LogP contribution in [0.1, 0.15) is 19.8 Å². The van der Waals surface area contributed by atoms with Gasteiger partial charge < -0.3 is 20.5 Å². The molecule has 1 rings (SSSR count). The third-order valence-corrected chi connectivity index (χ3v) is 4.14. The van der Waals surface area contributed by atoms with Crippen molar-refractivity contribution >= 4 is 0 Å². The van der Waals surface area contributed by atoms with Gasteiger partial charge in [-0.3, -0.25) is 4.90 Å². The normalized spacial score (nSPS) is 22.3. The second-order valence-electron chi connectivity index (χ2n) is 5.20. The van der Waals surface area contributed by atoms with E-state index in [0.29, 0.717) is 12.6 Å². The summed E-state index contributed by atoms with van der Waals surface area (Å²) < 4.78 is 5.09. The molecule has 5 nitrogen and oxygen atoms in total. The van der Waals surface area contributed by atoms with Crippen molar-refractivity contribution in [3.8, 4) is 0 Å². The standard InChI is InChI=1S/C13H29N3O2/c1-4-16-7-5-11(6-8-16)15(2)13(9-17)12(14)10-18-3/h11-13,17H,4-10,14H2,1-3H3. The number of piperidine rings is 1. The summed E-state index contributed by atoms with van der Waals surface area (Å²) in [5, 5.41) is 9.53. The predicted molar refractivity (Wildman–Crippen MR) is 73.6 cm³/mol. The van der Waals surface area contributed by atoms with Crippen molar-refractivity contribution in [1.82, 2.24) is 9.80 Å². The van der Waals surface area contributed by atoms with Gasteiger partial charge >= 0.3 is 0 Å². The molecule has 0 aromatic heterocycles. The molecule has 3 N–H and O–H groups in total. The molecule has 0 aliphatic carbocycles. The first-order valence-corrected chi connectivity index (χ1v) is 6.93. The Bertz CT molecular complexity index is 220. The number of methoxy groups -OCH3 is 1. The van der Waals surface area contributed by atoms with Crippen LogP contribution in [-0.2, 0) is 4.74 Å². The van der Waals surface area contributed by atoms with E-state index in [1.807, 2.05) is 0 Å². The van der Waals surface area contributed by atoms with Crippen molar-refractivity contribution in [1.29, 1.82) is 0 Å². The Balaban J connectivity index is 2.48. The van der Waals surface area contributed by atoms with E-state index in [1.165, 1.54) is 0 Å². The number of hydrogen-bond donors (Lipinski definition) is 2. The molecule has 0 saturated carbocycles. The lowest BCUT2D eigenvalue weighted by molar-refractivity contribution is 0.0383. The van der Waals surface area contributed by atoms with Crippen LogP contribution >= 0.6 is 0 Å². The summed E-state index contributed by atoms with van der Waals surface area (Å²) in [5.74, 6) is 0. The van der Waals surface area contributed by atoms with Crippen molar-refractivity contribution in [2.24, 2.45) is 5.73 Å². The Morgan fingerprint density at radius 2 is 2.06 bits per heavy atom. The molecule has 1 saturated heterocycles. The topological polar surface area (TPSA) is 62.0 Å². The highest BCUT2D eigenvalue weighted by Gasteiger charge is 2.29. The van der Waals surface area contributed by atoms with E-state index >= 15 is 0 Å². The number of rotatable bonds is 7. The summed E-state index contributed by atoms with van der Waals surface area (Å²) in [6.07, 6.45) is 2.31. The van der Waals surface area contributed by atoms with Crippen molar-refractivity contribution in [3.05, 3.63) is 0 Å². The van der Waals surface area contributed by atoms with Gasteiger partial charge in [-0.25, -0.2) is 0 Å². The molecule has 0 radical (unpaired) electrons. The molecule has 0 bridgehead atoms. The van der Waals surface area contributed by atoms with Gasteiger partial charge in [0.25, 0.3) is 0 Å². The van der Waals surface area contributed by atoms with E-state index < -0.39 is 0 Å². The maximum absolute atomic E-state index is 9.53. The fraction of sp³-hybridized carbons (Fsp3) is 1.00. The second-order valence-corrected chi connectivity index (χ2v) is 5.20. The third-order valence-electron chi connectivity index (χ3n) is 4.14. The molecule has 2 unspecified atom stereocenters. The molecule has 1 aliphatic heterocycles. The molecule has 0 aromatic rings. The molecule has 2 atom stereocenters. The Morgan fingerprint density at radius 1 is 1.44 bits per heavy atom. The summed E-state index contributed by atoms with van der Waals surface area (Å²) in [5.41, 5.74) is 6.06. The number of aliphatic hydroxyl groups is 1. The lowest BCUT2D eigenvalue weighted by atomic mass is 9.99. The van der Waals surface area contributed by atoms with Crippen LogP contribution < -0.4 is 5.73 Å². The van der Waals surface area contributed by atoms with Gasteiger partial charge in [-0.15, -0.1) is 0 Å². The zero-order valence-electron chi connectivity index (χ0n) is 12.0. The molecule has 108 valence electrons. The quantitative estimate of drug-likeness (QED) is 0.659. The van der Waals surface area contributed by atoms with Crippen LogP contribution in [0.25, 0.3) is 0 Å². The minimum atomic E-state index is -0.130. The summed E-state index contributed by atoms with van der Waals surface area (Å²) in [6, 6.07) is 0.380. The molecule has 1 heterocycles. The summed E-state index contributed by atoms with van der Waals surface area (Å²) in [6.45, 7) is 6.20. The van der Waals surface area contributed by atoms with Gasteiger partial charge in [-0.2, -0.15) is 0 Å². The zero-order chi connectivity index (χ0) is 13.5. The zero-order valence-corrected chi connectivity index (χ0v) is 12.0. The summed E-state index contributed by atoms with van der Waals surface area (Å²) in [7, 11) is 3.72. The monoisotopic (exact) mass is 259 g/mol. The molecular weight excluding hydrogens is 230 g/mol. The van der Waals surface area contributed by atoms with E-state index in [4.69, 9.17) is 10.5 Å². The van der Waals surface area contributed by atoms with Crippen LogP contribution in [0, 0.1) is 0 Å². The maximum atomic E-state index is 9.53. The number of nitrogens with two attached hydrogens (primary N) is 1. The van der Waals surface area contributed by atoms with Gasteiger partial charge in [-0.1, -0.05) is 6.92 Å². The average Bonchev–Trinajstić information content (AvgIpc) is 2.40. The Kier molecular flexibility index (Phi) is 7.11. The maximum Gasteiger partial charge on any atom is 0.0629 e. The summed E-state index contributed by atoms with van der Waals surface area (Å²) >= 11 is 0. The number of hydrogen-bond acceptors (Lipinski definition) is 5. The van der Waals surface area contributed by atoms with Crippen molar-refractivity contribution in [3.63, 3.8) is 0 Å². The predicted octanol–water partition coefficient (Wildman–Crippen LogP) is -0.263. The van der Waals surface area contributed by atoms with Crippen molar-refractivity contribution < 1.29 is 9.84 Å². The lowest BCUT2D eigenvalue weighted by Crippen LogP contribution is -2.55. The first kappa shape index (κ1) is 15.9. The van der Waals surface area contributed by atoms with E-state index in [-0.39, 0.29) is 18.7 Å². The van der Waals surface area contributed by atoms with Gasteiger partial charge in [0.05, 0.1) is 19.3 Å². The van der Waals surface area contributed by atoms with Gasteiger partial charge in [0.15, 0.2) is 0 Å². The Labute approximate surface area is 111 Å². The van der Waals surface area contributed by atoms with Crippen LogP contribution in [-0.4, -0.2) is 80.0 Å². The van der Waals surface area contributed by atoms with Gasteiger partial charge in [0.1, 0.15) is 0 Å². The molecule has 5 heteroatoms. The largest absolute Gasteiger partial charge is 0.395 e. The van der Waals surface area contributed by atoms with Crippen LogP contribution in [0.5, 0.6) is 0 Å². The highest BCUT2D eigenvalue weighted by atomic mass is 16.5. The van der Waals surface area contributed by atoms with Crippen LogP contribution in [0.4, 0.5) is 0 Å². The molecule has 0 amide bonds. The van der Waals surface area contributed by atoms with E-state index in [2.05, 4.69) is 23.8 Å². The Hall–Kier alpha value is -0.200. The molecule has 0 aromatic carbocycles. The minimum Gasteiger partial charge on any atom is -0.395 e. The second kappa shape index (κ2) is 8.07. The SMILES string of the molecule is CCN1CCC(N(C)C(CO)C(N)COC)CC1. The fourth-order valence-electron chi connectivity index (χ4n) is 2.78. The van der Waals surface area contributed by atoms with Crippen molar-refractivity contribution in [2.45, 2.75) is 37.9 Å². The molecule has 18 heavy (non-hydrogen) atoms. The van der Waals surface area contributed by atoms with E-state index in [9.17, 15) is 5.11 Å². The van der Waals surface area contributed by atoms with Gasteiger partial charge in [0.2, 0.25) is 0 Å².